The first kappa shape index (κ1) is 18.7. The van der Waals surface area contributed by atoms with Crippen LogP contribution in [0.2, 0.25) is 0 Å². The molecule has 1 aromatic carbocycles. The molecule has 0 aliphatic heterocycles. The lowest BCUT2D eigenvalue weighted by atomic mass is 10.2. The second kappa shape index (κ2) is 9.01. The molecule has 1 heterocycles. The minimum atomic E-state index is -0.277. The van der Waals surface area contributed by atoms with E-state index in [0.29, 0.717) is 17.1 Å². The summed E-state index contributed by atoms with van der Waals surface area (Å²) in [7, 11) is 1.58. The highest BCUT2D eigenvalue weighted by Crippen LogP contribution is 2.25. The van der Waals surface area contributed by atoms with E-state index in [-0.39, 0.29) is 5.91 Å². The number of rotatable bonds is 8. The van der Waals surface area contributed by atoms with E-state index in [0.717, 1.165) is 37.3 Å². The van der Waals surface area contributed by atoms with Gasteiger partial charge in [-0.15, -0.1) is 0 Å². The van der Waals surface area contributed by atoms with Crippen molar-refractivity contribution in [2.45, 2.75) is 33.6 Å². The summed E-state index contributed by atoms with van der Waals surface area (Å²) in [6.07, 6.45) is 3.48. The molecule has 0 spiro atoms. The molecule has 0 fully saturated rings. The van der Waals surface area contributed by atoms with Crippen LogP contribution in [0.3, 0.4) is 0 Å². The maximum absolute atomic E-state index is 12.6. The number of methoxy groups -OCH3 is 1. The molecule has 134 valence electrons. The van der Waals surface area contributed by atoms with Gasteiger partial charge in [0.1, 0.15) is 23.6 Å². The van der Waals surface area contributed by atoms with Crippen LogP contribution in [0.15, 0.2) is 30.6 Å². The van der Waals surface area contributed by atoms with Gasteiger partial charge in [0, 0.05) is 19.2 Å². The van der Waals surface area contributed by atoms with Crippen LogP contribution in [0.5, 0.6) is 5.75 Å². The number of hydrogen-bond acceptors (Lipinski definition) is 5. The fourth-order valence-electron chi connectivity index (χ4n) is 2.63. The number of benzene rings is 1. The van der Waals surface area contributed by atoms with Gasteiger partial charge in [0.15, 0.2) is 0 Å². The van der Waals surface area contributed by atoms with Crippen molar-refractivity contribution in [2.75, 3.05) is 30.4 Å². The largest absolute Gasteiger partial charge is 0.495 e. The first-order valence-electron chi connectivity index (χ1n) is 8.62. The van der Waals surface area contributed by atoms with Crippen LogP contribution >= 0.6 is 0 Å². The van der Waals surface area contributed by atoms with E-state index in [2.05, 4.69) is 34.0 Å². The van der Waals surface area contributed by atoms with E-state index in [1.807, 2.05) is 25.1 Å². The third-order valence-electron chi connectivity index (χ3n) is 3.80. The molecule has 0 bridgehead atoms. The Morgan fingerprint density at radius 2 is 1.88 bits per heavy atom. The topological polar surface area (TPSA) is 67.4 Å². The zero-order valence-corrected chi connectivity index (χ0v) is 15.4. The summed E-state index contributed by atoms with van der Waals surface area (Å²) in [5.41, 5.74) is 2.01. The number of hydrogen-bond donors (Lipinski definition) is 1. The molecule has 1 aromatic heterocycles. The molecule has 0 aliphatic rings. The van der Waals surface area contributed by atoms with Gasteiger partial charge in [-0.25, -0.2) is 9.97 Å². The summed E-state index contributed by atoms with van der Waals surface area (Å²) < 4.78 is 5.31. The third-order valence-corrected chi connectivity index (χ3v) is 3.80. The lowest BCUT2D eigenvalue weighted by Crippen LogP contribution is -2.26. The van der Waals surface area contributed by atoms with Crippen LogP contribution in [-0.4, -0.2) is 36.1 Å². The number of carbonyl (C=O) groups is 1. The Labute approximate surface area is 149 Å². The SMILES string of the molecule is CCCN(CCC)c1cc(C(=O)Nc2cc(C)ccc2OC)ncn1. The van der Waals surface area contributed by atoms with E-state index in [1.165, 1.54) is 6.33 Å². The summed E-state index contributed by atoms with van der Waals surface area (Å²) in [4.78, 5) is 23.2. The number of anilines is 2. The number of amides is 1. The van der Waals surface area contributed by atoms with Gasteiger partial charge < -0.3 is 15.0 Å². The minimum absolute atomic E-state index is 0.277. The molecule has 6 nitrogen and oxygen atoms in total. The predicted octanol–water partition coefficient (Wildman–Crippen LogP) is 3.67. The second-order valence-corrected chi connectivity index (χ2v) is 5.91. The molecule has 2 aromatic rings. The molecule has 0 saturated heterocycles. The van der Waals surface area contributed by atoms with Crippen molar-refractivity contribution < 1.29 is 9.53 Å². The molecule has 0 radical (unpaired) electrons. The maximum Gasteiger partial charge on any atom is 0.274 e. The van der Waals surface area contributed by atoms with Crippen molar-refractivity contribution >= 4 is 17.4 Å². The zero-order chi connectivity index (χ0) is 18.2. The molecule has 0 unspecified atom stereocenters. The van der Waals surface area contributed by atoms with Crippen LogP contribution in [-0.2, 0) is 0 Å². The molecule has 0 atom stereocenters. The Balaban J connectivity index is 2.22. The lowest BCUT2D eigenvalue weighted by molar-refractivity contribution is 0.102. The third kappa shape index (κ3) is 4.92. The molecule has 1 amide bonds. The van der Waals surface area contributed by atoms with Gasteiger partial charge >= 0.3 is 0 Å². The first-order valence-corrected chi connectivity index (χ1v) is 8.62. The molecule has 0 saturated carbocycles. The van der Waals surface area contributed by atoms with Gasteiger partial charge in [-0.1, -0.05) is 19.9 Å². The van der Waals surface area contributed by atoms with Crippen molar-refractivity contribution in [1.82, 2.24) is 9.97 Å². The Bertz CT molecular complexity index is 712. The Kier molecular flexibility index (Phi) is 6.74. The average Bonchev–Trinajstić information content (AvgIpc) is 2.62. The Hall–Kier alpha value is -2.63. The summed E-state index contributed by atoms with van der Waals surface area (Å²) in [6, 6.07) is 7.38. The van der Waals surface area contributed by atoms with Crippen LogP contribution in [0.4, 0.5) is 11.5 Å². The Morgan fingerprint density at radius 3 is 2.52 bits per heavy atom. The molecule has 2 rings (SSSR count). The molecule has 6 heteroatoms. The lowest BCUT2D eigenvalue weighted by Gasteiger charge is -2.22. The summed E-state index contributed by atoms with van der Waals surface area (Å²) >= 11 is 0. The predicted molar refractivity (Wildman–Crippen MR) is 101 cm³/mol. The minimum Gasteiger partial charge on any atom is -0.495 e. The van der Waals surface area contributed by atoms with Crippen LogP contribution < -0.4 is 15.0 Å². The number of nitrogens with one attached hydrogen (secondary N) is 1. The van der Waals surface area contributed by atoms with E-state index in [4.69, 9.17) is 4.74 Å². The monoisotopic (exact) mass is 342 g/mol. The van der Waals surface area contributed by atoms with Gasteiger partial charge in [-0.05, 0) is 37.5 Å². The van der Waals surface area contributed by atoms with Gasteiger partial charge in [-0.3, -0.25) is 4.79 Å². The number of nitrogens with zero attached hydrogens (tertiary/aromatic N) is 3. The standard InChI is InChI=1S/C19H26N4O2/c1-5-9-23(10-6-2)18-12-16(20-13-21-18)19(24)22-15-11-14(3)7-8-17(15)25-4/h7-8,11-13H,5-6,9-10H2,1-4H3,(H,22,24). The fourth-order valence-corrected chi connectivity index (χ4v) is 2.63. The van der Waals surface area contributed by atoms with E-state index < -0.39 is 0 Å². The van der Waals surface area contributed by atoms with Crippen molar-refractivity contribution in [3.63, 3.8) is 0 Å². The smallest absolute Gasteiger partial charge is 0.274 e. The van der Waals surface area contributed by atoms with E-state index in [9.17, 15) is 4.79 Å². The van der Waals surface area contributed by atoms with Crippen molar-refractivity contribution in [3.8, 4) is 5.75 Å². The van der Waals surface area contributed by atoms with Gasteiger partial charge in [0.25, 0.3) is 5.91 Å². The highest BCUT2D eigenvalue weighted by Gasteiger charge is 2.14. The number of carbonyl (C=O) groups excluding carboxylic acids is 1. The molecular weight excluding hydrogens is 316 g/mol. The first-order chi connectivity index (χ1) is 12.1. The van der Waals surface area contributed by atoms with Crippen LogP contribution in [0.1, 0.15) is 42.7 Å². The summed E-state index contributed by atoms with van der Waals surface area (Å²) in [5, 5.41) is 2.88. The highest BCUT2D eigenvalue weighted by molar-refractivity contribution is 6.04. The quantitative estimate of drug-likeness (QED) is 0.793. The summed E-state index contributed by atoms with van der Waals surface area (Å²) in [6.45, 7) is 8.02. The normalized spacial score (nSPS) is 10.4. The van der Waals surface area contributed by atoms with Crippen LogP contribution in [0.25, 0.3) is 0 Å². The van der Waals surface area contributed by atoms with Gasteiger partial charge in [0.05, 0.1) is 12.8 Å². The number of aromatic nitrogens is 2. The summed E-state index contributed by atoms with van der Waals surface area (Å²) in [5.74, 6) is 1.12. The fraction of sp³-hybridized carbons (Fsp3) is 0.421. The Morgan fingerprint density at radius 1 is 1.16 bits per heavy atom. The molecular formula is C19H26N4O2. The van der Waals surface area contributed by atoms with E-state index in [1.54, 1.807) is 13.2 Å². The zero-order valence-electron chi connectivity index (χ0n) is 15.4. The van der Waals surface area contributed by atoms with Crippen LogP contribution in [0, 0.1) is 6.92 Å². The second-order valence-electron chi connectivity index (χ2n) is 5.91. The van der Waals surface area contributed by atoms with Gasteiger partial charge in [0.2, 0.25) is 0 Å². The maximum atomic E-state index is 12.6. The molecule has 0 aliphatic carbocycles. The highest BCUT2D eigenvalue weighted by atomic mass is 16.5. The van der Waals surface area contributed by atoms with Crippen molar-refractivity contribution in [3.05, 3.63) is 41.9 Å². The van der Waals surface area contributed by atoms with E-state index >= 15 is 0 Å². The van der Waals surface area contributed by atoms with Gasteiger partial charge in [-0.2, -0.15) is 0 Å². The molecule has 25 heavy (non-hydrogen) atoms. The average molecular weight is 342 g/mol. The molecule has 1 N–H and O–H groups in total. The van der Waals surface area contributed by atoms with Crippen molar-refractivity contribution in [2.24, 2.45) is 0 Å². The number of ether oxygens (including phenoxy) is 1. The van der Waals surface area contributed by atoms with Crippen molar-refractivity contribution in [1.29, 1.82) is 0 Å². The number of aryl methyl sites for hydroxylation is 1.